The number of para-hydroxylation sites is 1. The average Bonchev–Trinajstić information content (AvgIpc) is 2.79. The lowest BCUT2D eigenvalue weighted by molar-refractivity contribution is -0.759. The van der Waals surface area contributed by atoms with Gasteiger partial charge in [0.25, 0.3) is 6.17 Å². The number of phenols is 1. The Morgan fingerprint density at radius 2 is 2.06 bits per heavy atom. The Bertz CT molecular complexity index is 1260. The molecule has 3 aromatic rings. The van der Waals surface area contributed by atoms with Crippen LogP contribution in [-0.2, 0) is 0 Å². The molecule has 1 aromatic heterocycles. The molecule has 0 saturated carbocycles. The van der Waals surface area contributed by atoms with Gasteiger partial charge in [0, 0.05) is 10.9 Å². The number of rotatable bonds is 8. The maximum Gasteiger partial charge on any atom is 0.326 e. The van der Waals surface area contributed by atoms with Crippen LogP contribution in [-0.4, -0.2) is 32.5 Å². The van der Waals surface area contributed by atoms with E-state index in [1.807, 2.05) is 12.1 Å². The number of nitro benzene ring substituents is 1. The monoisotopic (exact) mass is 470 g/mol. The fraction of sp³-hybridized carbons (Fsp3) is 0.318. The molecule has 1 aliphatic rings. The topological polar surface area (TPSA) is 134 Å². The number of unbranched alkanes of at least 4 members (excludes halogenated alkanes) is 1. The maximum atomic E-state index is 13.1. The molecule has 11 heteroatoms. The molecule has 0 bridgehead atoms. The van der Waals surface area contributed by atoms with Crippen molar-refractivity contribution in [2.45, 2.75) is 38.0 Å². The molecule has 10 nitrogen and oxygen atoms in total. The number of aromatic hydroxyl groups is 1. The Hall–Kier alpha value is -3.60. The molecule has 172 valence electrons. The molecule has 0 fully saturated rings. The summed E-state index contributed by atoms with van der Waals surface area (Å²) in [6.07, 6.45) is 1.09. The van der Waals surface area contributed by atoms with Gasteiger partial charge in [0.15, 0.2) is 5.75 Å². The van der Waals surface area contributed by atoms with E-state index in [4.69, 9.17) is 4.74 Å². The van der Waals surface area contributed by atoms with Crippen LogP contribution in [0.3, 0.4) is 0 Å². The minimum absolute atomic E-state index is 0.138. The Kier molecular flexibility index (Phi) is 6.50. The second kappa shape index (κ2) is 9.49. The van der Waals surface area contributed by atoms with E-state index in [-0.39, 0.29) is 40.6 Å². The lowest BCUT2D eigenvalue weighted by atomic mass is 10.0. The number of anilines is 1. The van der Waals surface area contributed by atoms with Gasteiger partial charge in [0.05, 0.1) is 22.8 Å². The highest BCUT2D eigenvalue weighted by Gasteiger charge is 2.42. The van der Waals surface area contributed by atoms with Crippen molar-refractivity contribution >= 4 is 23.1 Å². The summed E-state index contributed by atoms with van der Waals surface area (Å²) in [5.41, 5.74) is 1.06. The number of hydrogen-bond donors (Lipinski definition) is 3. The highest BCUT2D eigenvalue weighted by Crippen LogP contribution is 2.43. The van der Waals surface area contributed by atoms with Crippen molar-refractivity contribution in [2.24, 2.45) is 0 Å². The SMILES string of the molecule is CCCCSc1n[n+]2c(c(=O)[nH]1)-c1ccccc1N[C@@H]2c1ccc(O)c(OCC)c1[N+](=O)[O-]. The Labute approximate surface area is 193 Å². The molecule has 0 aliphatic carbocycles. The van der Waals surface area contributed by atoms with Crippen LogP contribution in [0.25, 0.3) is 11.3 Å². The van der Waals surface area contributed by atoms with Gasteiger partial charge in [-0.3, -0.25) is 19.9 Å². The van der Waals surface area contributed by atoms with Gasteiger partial charge in [0.1, 0.15) is 5.56 Å². The summed E-state index contributed by atoms with van der Waals surface area (Å²) in [5.74, 6) is 0.231. The van der Waals surface area contributed by atoms with E-state index in [2.05, 4.69) is 22.3 Å². The van der Waals surface area contributed by atoms with Gasteiger partial charge >= 0.3 is 16.9 Å². The van der Waals surface area contributed by atoms with Gasteiger partial charge in [-0.25, -0.2) is 0 Å². The molecular formula is C22H24N5O5S+. The number of phenolic OH excluding ortho intramolecular Hbond substituents is 1. The number of nitrogens with one attached hydrogen (secondary N) is 2. The normalized spacial score (nSPS) is 14.2. The molecule has 3 N–H and O–H groups in total. The number of aromatic nitrogens is 3. The first-order valence-electron chi connectivity index (χ1n) is 10.6. The summed E-state index contributed by atoms with van der Waals surface area (Å²) in [6, 6.07) is 10.0. The molecule has 1 atom stereocenters. The first-order valence-corrected chi connectivity index (χ1v) is 11.6. The summed E-state index contributed by atoms with van der Waals surface area (Å²) in [6.45, 7) is 3.89. The van der Waals surface area contributed by atoms with Crippen molar-refractivity contribution in [2.75, 3.05) is 17.7 Å². The van der Waals surface area contributed by atoms with Crippen molar-refractivity contribution in [3.8, 4) is 22.8 Å². The van der Waals surface area contributed by atoms with E-state index in [1.54, 1.807) is 19.1 Å². The zero-order chi connectivity index (χ0) is 23.5. The first kappa shape index (κ1) is 22.6. The largest absolute Gasteiger partial charge is 0.504 e. The van der Waals surface area contributed by atoms with Crippen LogP contribution >= 0.6 is 11.8 Å². The van der Waals surface area contributed by atoms with Crippen LogP contribution in [0, 0.1) is 10.1 Å². The lowest BCUT2D eigenvalue weighted by Crippen LogP contribution is -2.55. The first-order chi connectivity index (χ1) is 16.0. The minimum Gasteiger partial charge on any atom is -0.504 e. The summed E-state index contributed by atoms with van der Waals surface area (Å²) in [7, 11) is 0. The number of fused-ring (bicyclic) bond motifs is 3. The third-order valence-electron chi connectivity index (χ3n) is 5.23. The van der Waals surface area contributed by atoms with Crippen LogP contribution in [0.4, 0.5) is 11.4 Å². The molecule has 33 heavy (non-hydrogen) atoms. The van der Waals surface area contributed by atoms with E-state index < -0.39 is 11.1 Å². The van der Waals surface area contributed by atoms with Crippen LogP contribution in [0.15, 0.2) is 46.3 Å². The van der Waals surface area contributed by atoms with Crippen molar-refractivity contribution in [3.05, 3.63) is 62.4 Å². The fourth-order valence-electron chi connectivity index (χ4n) is 3.75. The van der Waals surface area contributed by atoms with Crippen molar-refractivity contribution in [1.29, 1.82) is 0 Å². The molecule has 0 radical (unpaired) electrons. The van der Waals surface area contributed by atoms with Crippen LogP contribution in [0.2, 0.25) is 0 Å². The molecule has 0 amide bonds. The molecule has 0 saturated heterocycles. The number of hydrogen-bond acceptors (Lipinski definition) is 8. The molecule has 2 aromatic carbocycles. The maximum absolute atomic E-state index is 13.1. The number of benzene rings is 2. The number of thioether (sulfide) groups is 1. The highest BCUT2D eigenvalue weighted by molar-refractivity contribution is 7.99. The van der Waals surface area contributed by atoms with Gasteiger partial charge in [-0.15, -0.1) is 0 Å². The van der Waals surface area contributed by atoms with Crippen LogP contribution in [0.1, 0.15) is 38.4 Å². The van der Waals surface area contributed by atoms with Gasteiger partial charge in [-0.2, -0.15) is 0 Å². The predicted molar refractivity (Wildman–Crippen MR) is 124 cm³/mol. The average molecular weight is 471 g/mol. The van der Waals surface area contributed by atoms with Gasteiger partial charge in [0.2, 0.25) is 10.9 Å². The van der Waals surface area contributed by atoms with Gasteiger partial charge in [-0.05, 0) is 42.3 Å². The summed E-state index contributed by atoms with van der Waals surface area (Å²) >= 11 is 1.42. The third kappa shape index (κ3) is 4.23. The number of ether oxygens (including phenoxy) is 1. The number of H-pyrrole nitrogens is 1. The van der Waals surface area contributed by atoms with Gasteiger partial charge in [-0.1, -0.05) is 37.2 Å². The quantitative estimate of drug-likeness (QED) is 0.149. The van der Waals surface area contributed by atoms with E-state index in [0.29, 0.717) is 16.4 Å². The molecule has 0 unspecified atom stereocenters. The Balaban J connectivity index is 1.95. The van der Waals surface area contributed by atoms with E-state index >= 15 is 0 Å². The summed E-state index contributed by atoms with van der Waals surface area (Å²) < 4.78 is 6.89. The second-order valence-electron chi connectivity index (χ2n) is 7.39. The third-order valence-corrected chi connectivity index (χ3v) is 6.18. The summed E-state index contributed by atoms with van der Waals surface area (Å²) in [4.78, 5) is 27.5. The zero-order valence-electron chi connectivity index (χ0n) is 18.2. The molecule has 0 spiro atoms. The summed E-state index contributed by atoms with van der Waals surface area (Å²) in [5, 5.41) is 30.6. The van der Waals surface area contributed by atoms with Crippen molar-refractivity contribution in [3.63, 3.8) is 0 Å². The van der Waals surface area contributed by atoms with Crippen molar-refractivity contribution < 1.29 is 19.4 Å². The van der Waals surface area contributed by atoms with Crippen LogP contribution < -0.4 is 20.3 Å². The number of nitro groups is 1. The predicted octanol–water partition coefficient (Wildman–Crippen LogP) is 3.60. The van der Waals surface area contributed by atoms with Gasteiger partial charge < -0.3 is 15.2 Å². The van der Waals surface area contributed by atoms with Crippen molar-refractivity contribution in [1.82, 2.24) is 10.1 Å². The molecule has 2 heterocycles. The number of nitrogens with zero attached hydrogens (tertiary/aromatic N) is 3. The lowest BCUT2D eigenvalue weighted by Gasteiger charge is -2.22. The van der Waals surface area contributed by atoms with E-state index in [1.165, 1.54) is 28.6 Å². The zero-order valence-corrected chi connectivity index (χ0v) is 19.0. The molecule has 1 aliphatic heterocycles. The fourth-order valence-corrected chi connectivity index (χ4v) is 4.69. The van der Waals surface area contributed by atoms with Crippen LogP contribution in [0.5, 0.6) is 11.5 Å². The smallest absolute Gasteiger partial charge is 0.326 e. The Morgan fingerprint density at radius 3 is 2.79 bits per heavy atom. The minimum atomic E-state index is -0.872. The number of aromatic amines is 1. The standard InChI is InChI=1S/C22H23N5O5S/c1-3-5-12-33-22-24-21(29)18-13-8-6-7-9-15(13)23-20(26(18)25-22)14-10-11-16(28)19(32-4-2)17(14)27(30)31/h6-11,20H,3-5,12H2,1-2H3,(H2,24,25,28,29)/p+1/t20-/m0/s1. The van der Waals surface area contributed by atoms with E-state index in [9.17, 15) is 20.0 Å². The highest BCUT2D eigenvalue weighted by atomic mass is 32.2. The molecule has 4 rings (SSSR count). The van der Waals surface area contributed by atoms with E-state index in [0.717, 1.165) is 18.6 Å². The Morgan fingerprint density at radius 1 is 1.27 bits per heavy atom. The molecular weight excluding hydrogens is 446 g/mol. The second-order valence-corrected chi connectivity index (χ2v) is 8.47.